The zero-order valence-electron chi connectivity index (χ0n) is 17.3. The number of nitrogens with one attached hydrogen (secondary N) is 1. The van der Waals surface area contributed by atoms with E-state index < -0.39 is 11.8 Å². The highest BCUT2D eigenvalue weighted by molar-refractivity contribution is 7.99. The Kier molecular flexibility index (Phi) is 5.19. The van der Waals surface area contributed by atoms with Crippen LogP contribution in [0.2, 0.25) is 0 Å². The van der Waals surface area contributed by atoms with E-state index in [9.17, 15) is 9.59 Å². The second-order valence-corrected chi connectivity index (χ2v) is 10.6. The molecule has 1 aliphatic heterocycles. The fourth-order valence-electron chi connectivity index (χ4n) is 5.28. The lowest BCUT2D eigenvalue weighted by atomic mass is 9.65. The second kappa shape index (κ2) is 7.52. The van der Waals surface area contributed by atoms with Gasteiger partial charge in [-0.15, -0.1) is 0 Å². The monoisotopic (exact) mass is 408 g/mol. The molecule has 2 fully saturated rings. The van der Waals surface area contributed by atoms with Crippen LogP contribution >= 0.6 is 11.8 Å². The van der Waals surface area contributed by atoms with Crippen molar-refractivity contribution in [2.24, 2.45) is 10.8 Å². The average Bonchev–Trinajstić information content (AvgIpc) is 2.92. The summed E-state index contributed by atoms with van der Waals surface area (Å²) >= 11 is 1.58. The van der Waals surface area contributed by atoms with Crippen molar-refractivity contribution in [1.29, 1.82) is 0 Å². The van der Waals surface area contributed by atoms with Gasteiger partial charge in [-0.2, -0.15) is 0 Å². The van der Waals surface area contributed by atoms with Gasteiger partial charge < -0.3 is 10.2 Å². The molecule has 1 aliphatic carbocycles. The number of hydrogen-bond donors (Lipinski definition) is 1. The SMILES string of the molecule is CC1(C)CC2CC(C)(CN2C(=O)C(=O)Nc2ccccc2Sc2ccccc2)C1. The third kappa shape index (κ3) is 4.35. The number of fused-ring (bicyclic) bond motifs is 2. The van der Waals surface area contributed by atoms with Crippen molar-refractivity contribution in [3.05, 3.63) is 54.6 Å². The van der Waals surface area contributed by atoms with Gasteiger partial charge in [0.2, 0.25) is 0 Å². The first-order valence-electron chi connectivity index (χ1n) is 10.2. The van der Waals surface area contributed by atoms with Gasteiger partial charge in [0.05, 0.1) is 5.69 Å². The Morgan fingerprint density at radius 2 is 1.69 bits per heavy atom. The fourth-order valence-corrected chi connectivity index (χ4v) is 6.20. The molecule has 2 bridgehead atoms. The maximum Gasteiger partial charge on any atom is 0.313 e. The highest BCUT2D eigenvalue weighted by Crippen LogP contribution is 2.52. The smallest absolute Gasteiger partial charge is 0.313 e. The van der Waals surface area contributed by atoms with Crippen LogP contribution in [-0.2, 0) is 9.59 Å². The molecule has 2 atom stereocenters. The van der Waals surface area contributed by atoms with Crippen molar-refractivity contribution in [2.45, 2.75) is 55.9 Å². The molecule has 1 saturated carbocycles. The molecule has 1 saturated heterocycles. The summed E-state index contributed by atoms with van der Waals surface area (Å²) in [7, 11) is 0. The summed E-state index contributed by atoms with van der Waals surface area (Å²) in [5.74, 6) is -0.948. The van der Waals surface area contributed by atoms with Crippen LogP contribution in [0.15, 0.2) is 64.4 Å². The summed E-state index contributed by atoms with van der Waals surface area (Å²) in [5, 5.41) is 2.87. The normalized spacial score (nSPS) is 24.9. The van der Waals surface area contributed by atoms with E-state index in [1.54, 1.807) is 11.8 Å². The number of likely N-dealkylation sites (tertiary alicyclic amines) is 1. The molecular weight excluding hydrogens is 380 g/mol. The predicted octanol–water partition coefficient (Wildman–Crippen LogP) is 5.20. The van der Waals surface area contributed by atoms with E-state index in [0.29, 0.717) is 12.2 Å². The Morgan fingerprint density at radius 1 is 1.00 bits per heavy atom. The number of anilines is 1. The molecule has 4 rings (SSSR count). The van der Waals surface area contributed by atoms with Gasteiger partial charge in [-0.05, 0) is 54.4 Å². The van der Waals surface area contributed by atoms with Crippen molar-refractivity contribution in [3.8, 4) is 0 Å². The lowest BCUT2D eigenvalue weighted by Crippen LogP contribution is -2.43. The van der Waals surface area contributed by atoms with E-state index >= 15 is 0 Å². The molecule has 0 aromatic heterocycles. The number of nitrogens with zero attached hydrogens (tertiary/aromatic N) is 1. The number of carbonyl (C=O) groups is 2. The molecule has 2 amide bonds. The topological polar surface area (TPSA) is 49.4 Å². The molecule has 5 heteroatoms. The van der Waals surface area contributed by atoms with Gasteiger partial charge in [0.1, 0.15) is 0 Å². The van der Waals surface area contributed by atoms with E-state index in [0.717, 1.165) is 29.1 Å². The highest BCUT2D eigenvalue weighted by atomic mass is 32.2. The third-order valence-corrected chi connectivity index (χ3v) is 7.06. The van der Waals surface area contributed by atoms with Crippen molar-refractivity contribution >= 4 is 29.3 Å². The minimum absolute atomic E-state index is 0.115. The number of carbonyl (C=O) groups excluding carboxylic acids is 2. The van der Waals surface area contributed by atoms with E-state index in [2.05, 4.69) is 26.1 Å². The molecule has 2 aromatic rings. The molecule has 0 spiro atoms. The lowest BCUT2D eigenvalue weighted by molar-refractivity contribution is -0.144. The molecule has 1 heterocycles. The van der Waals surface area contributed by atoms with Crippen molar-refractivity contribution < 1.29 is 9.59 Å². The standard InChI is InChI=1S/C24H28N2O2S/c1-23(2)13-17-14-24(3,15-23)16-26(17)22(28)21(27)25-19-11-7-8-12-20(19)29-18-9-5-4-6-10-18/h4-12,17H,13-16H2,1-3H3,(H,25,27). The van der Waals surface area contributed by atoms with Crippen LogP contribution in [0.5, 0.6) is 0 Å². The molecule has 1 N–H and O–H groups in total. The van der Waals surface area contributed by atoms with Gasteiger partial charge in [0.25, 0.3) is 0 Å². The zero-order valence-corrected chi connectivity index (χ0v) is 18.1. The number of hydrogen-bond acceptors (Lipinski definition) is 3. The molecule has 4 nitrogen and oxygen atoms in total. The predicted molar refractivity (Wildman–Crippen MR) is 117 cm³/mol. The third-order valence-electron chi connectivity index (χ3n) is 5.98. The van der Waals surface area contributed by atoms with Crippen LogP contribution in [0, 0.1) is 10.8 Å². The molecular formula is C24H28N2O2S. The Hall–Kier alpha value is -2.27. The van der Waals surface area contributed by atoms with Crippen LogP contribution in [-0.4, -0.2) is 29.3 Å². The van der Waals surface area contributed by atoms with Crippen molar-refractivity contribution in [3.63, 3.8) is 0 Å². The Bertz CT molecular complexity index is 927. The fraction of sp³-hybridized carbons (Fsp3) is 0.417. The summed E-state index contributed by atoms with van der Waals surface area (Å²) < 4.78 is 0. The van der Waals surface area contributed by atoms with Crippen LogP contribution < -0.4 is 5.32 Å². The van der Waals surface area contributed by atoms with E-state index in [1.165, 1.54) is 0 Å². The van der Waals surface area contributed by atoms with Crippen molar-refractivity contribution in [2.75, 3.05) is 11.9 Å². The minimum Gasteiger partial charge on any atom is -0.331 e. The number of amides is 2. The first-order chi connectivity index (χ1) is 13.7. The molecule has 0 radical (unpaired) electrons. The van der Waals surface area contributed by atoms with Crippen LogP contribution in [0.25, 0.3) is 0 Å². The first-order valence-corrected chi connectivity index (χ1v) is 11.0. The van der Waals surface area contributed by atoms with Gasteiger partial charge in [-0.1, -0.05) is 62.9 Å². The number of benzene rings is 2. The maximum absolute atomic E-state index is 13.0. The summed E-state index contributed by atoms with van der Waals surface area (Å²) in [6.07, 6.45) is 3.05. The quantitative estimate of drug-likeness (QED) is 0.710. The van der Waals surface area contributed by atoms with E-state index in [-0.39, 0.29) is 16.9 Å². The summed E-state index contributed by atoms with van der Waals surface area (Å²) in [5.41, 5.74) is 0.999. The van der Waals surface area contributed by atoms with Crippen LogP contribution in [0.4, 0.5) is 5.69 Å². The number of rotatable bonds is 3. The van der Waals surface area contributed by atoms with Crippen molar-refractivity contribution in [1.82, 2.24) is 4.90 Å². The van der Waals surface area contributed by atoms with Gasteiger partial charge in [0, 0.05) is 22.4 Å². The Balaban J connectivity index is 1.48. The summed E-state index contributed by atoms with van der Waals surface area (Å²) in [6, 6.07) is 17.8. The lowest BCUT2D eigenvalue weighted by Gasteiger charge is -2.39. The minimum atomic E-state index is -0.542. The van der Waals surface area contributed by atoms with Crippen LogP contribution in [0.3, 0.4) is 0 Å². The Morgan fingerprint density at radius 3 is 2.45 bits per heavy atom. The zero-order chi connectivity index (χ0) is 20.6. The largest absolute Gasteiger partial charge is 0.331 e. The molecule has 29 heavy (non-hydrogen) atoms. The molecule has 2 aliphatic rings. The van der Waals surface area contributed by atoms with Crippen LogP contribution in [0.1, 0.15) is 40.0 Å². The summed E-state index contributed by atoms with van der Waals surface area (Å²) in [4.78, 5) is 29.7. The number of para-hydroxylation sites is 1. The Labute approximate surface area is 177 Å². The first kappa shape index (κ1) is 20.0. The van der Waals surface area contributed by atoms with Gasteiger partial charge >= 0.3 is 11.8 Å². The highest BCUT2D eigenvalue weighted by Gasteiger charge is 2.51. The molecule has 152 valence electrons. The van der Waals surface area contributed by atoms with Gasteiger partial charge in [0.15, 0.2) is 0 Å². The van der Waals surface area contributed by atoms with Gasteiger partial charge in [-0.25, -0.2) is 0 Å². The van der Waals surface area contributed by atoms with Gasteiger partial charge in [-0.3, -0.25) is 9.59 Å². The summed E-state index contributed by atoms with van der Waals surface area (Å²) in [6.45, 7) is 7.46. The van der Waals surface area contributed by atoms with E-state index in [1.807, 2.05) is 59.5 Å². The average molecular weight is 409 g/mol. The maximum atomic E-state index is 13.0. The second-order valence-electron chi connectivity index (χ2n) is 9.51. The molecule has 2 unspecified atom stereocenters. The van der Waals surface area contributed by atoms with E-state index in [4.69, 9.17) is 0 Å². The molecule has 2 aromatic carbocycles.